The number of carbonyl (C=O) groups excluding carboxylic acids is 2. The van der Waals surface area contributed by atoms with E-state index in [1.807, 2.05) is 0 Å². The van der Waals surface area contributed by atoms with Crippen molar-refractivity contribution in [1.29, 1.82) is 0 Å². The number of methoxy groups -OCH3 is 1. The number of rotatable bonds is 5. The van der Waals surface area contributed by atoms with Crippen molar-refractivity contribution in [3.63, 3.8) is 0 Å². The van der Waals surface area contributed by atoms with Crippen LogP contribution in [-0.2, 0) is 14.3 Å². The molecule has 0 saturated heterocycles. The number of cyclic esters (lactones) is 1. The maximum Gasteiger partial charge on any atom is 0.363 e. The summed E-state index contributed by atoms with van der Waals surface area (Å²) in [5.74, 6) is -0.326. The average molecular weight is 420 g/mol. The van der Waals surface area contributed by atoms with Gasteiger partial charge in [-0.2, -0.15) is 0 Å². The molecule has 8 heteroatoms. The molecule has 0 amide bonds. The highest BCUT2D eigenvalue weighted by Crippen LogP contribution is 2.31. The van der Waals surface area contributed by atoms with E-state index in [0.29, 0.717) is 26.9 Å². The Morgan fingerprint density at radius 3 is 2.68 bits per heavy atom. The monoisotopic (exact) mass is 419 g/mol. The number of esters is 2. The summed E-state index contributed by atoms with van der Waals surface area (Å²) in [4.78, 5) is 28.0. The van der Waals surface area contributed by atoms with Crippen molar-refractivity contribution in [2.45, 2.75) is 13.3 Å². The van der Waals surface area contributed by atoms with Crippen molar-refractivity contribution < 1.29 is 23.8 Å². The van der Waals surface area contributed by atoms with Crippen LogP contribution in [0.25, 0.3) is 6.08 Å². The number of halogens is 2. The molecule has 2 aromatic rings. The van der Waals surface area contributed by atoms with Gasteiger partial charge in [-0.05, 0) is 42.0 Å². The fourth-order valence-electron chi connectivity index (χ4n) is 2.40. The molecule has 144 valence electrons. The van der Waals surface area contributed by atoms with E-state index in [1.54, 1.807) is 43.3 Å². The van der Waals surface area contributed by atoms with E-state index in [4.69, 9.17) is 37.4 Å². The quantitative estimate of drug-likeness (QED) is 0.400. The highest BCUT2D eigenvalue weighted by atomic mass is 35.5. The number of ether oxygens (including phenoxy) is 3. The number of hydrogen-bond acceptors (Lipinski definition) is 6. The van der Waals surface area contributed by atoms with Crippen molar-refractivity contribution in [3.05, 3.63) is 63.3 Å². The molecule has 1 heterocycles. The van der Waals surface area contributed by atoms with Crippen LogP contribution in [0.1, 0.15) is 24.5 Å². The fourth-order valence-corrected chi connectivity index (χ4v) is 2.77. The summed E-state index contributed by atoms with van der Waals surface area (Å²) >= 11 is 12.1. The third-order valence-electron chi connectivity index (χ3n) is 3.78. The van der Waals surface area contributed by atoms with Gasteiger partial charge in [0.2, 0.25) is 5.90 Å². The predicted octanol–water partition coefficient (Wildman–Crippen LogP) is 4.66. The Kier molecular flexibility index (Phi) is 6.02. The molecule has 1 aliphatic rings. The first kappa shape index (κ1) is 19.9. The van der Waals surface area contributed by atoms with Gasteiger partial charge >= 0.3 is 11.9 Å². The molecule has 0 atom stereocenters. The molecule has 0 aromatic heterocycles. The molecule has 0 radical (unpaired) electrons. The molecule has 0 aliphatic carbocycles. The molecule has 0 bridgehead atoms. The van der Waals surface area contributed by atoms with Gasteiger partial charge < -0.3 is 14.2 Å². The van der Waals surface area contributed by atoms with E-state index in [9.17, 15) is 9.59 Å². The summed E-state index contributed by atoms with van der Waals surface area (Å²) in [5.41, 5.74) is 1.07. The van der Waals surface area contributed by atoms with E-state index in [1.165, 1.54) is 13.2 Å². The molecule has 2 aromatic carbocycles. The summed E-state index contributed by atoms with van der Waals surface area (Å²) in [6, 6.07) is 9.68. The zero-order valence-corrected chi connectivity index (χ0v) is 16.5. The third kappa shape index (κ3) is 4.35. The number of carbonyl (C=O) groups is 2. The highest BCUT2D eigenvalue weighted by molar-refractivity contribution is 6.36. The lowest BCUT2D eigenvalue weighted by Gasteiger charge is -2.09. The summed E-state index contributed by atoms with van der Waals surface area (Å²) in [5, 5.41) is 0.795. The Labute approximate surface area is 171 Å². The molecule has 0 unspecified atom stereocenters. The van der Waals surface area contributed by atoms with Crippen LogP contribution in [0.3, 0.4) is 0 Å². The molecule has 3 rings (SSSR count). The van der Waals surface area contributed by atoms with Gasteiger partial charge in [-0.1, -0.05) is 36.2 Å². The second kappa shape index (κ2) is 8.46. The van der Waals surface area contributed by atoms with Crippen molar-refractivity contribution in [3.8, 4) is 11.5 Å². The zero-order valence-electron chi connectivity index (χ0n) is 15.0. The molecule has 28 heavy (non-hydrogen) atoms. The van der Waals surface area contributed by atoms with Crippen molar-refractivity contribution in [1.82, 2.24) is 0 Å². The number of hydrogen-bond donors (Lipinski definition) is 0. The van der Waals surface area contributed by atoms with Crippen LogP contribution >= 0.6 is 23.2 Å². The largest absolute Gasteiger partial charge is 0.493 e. The summed E-state index contributed by atoms with van der Waals surface area (Å²) < 4.78 is 15.7. The Hall–Kier alpha value is -2.83. The first-order chi connectivity index (χ1) is 13.4. The Bertz CT molecular complexity index is 1010. The van der Waals surface area contributed by atoms with Gasteiger partial charge in [-0.15, -0.1) is 0 Å². The molecule has 1 aliphatic heterocycles. The average Bonchev–Trinajstić information content (AvgIpc) is 3.04. The van der Waals surface area contributed by atoms with Gasteiger partial charge in [-0.25, -0.2) is 9.79 Å². The number of benzene rings is 2. The maximum atomic E-state index is 12.2. The first-order valence-corrected chi connectivity index (χ1v) is 9.03. The number of aliphatic imine (C=N–C) groups is 1. The zero-order chi connectivity index (χ0) is 20.3. The molecular weight excluding hydrogens is 405 g/mol. The van der Waals surface area contributed by atoms with Gasteiger partial charge in [0.05, 0.1) is 17.7 Å². The standard InChI is InChI=1S/C20H15Cl2NO5/c1-3-18(24)27-17-9-11(4-7-16(17)26-2)8-15-20(25)28-19(23-15)13-10-12(21)5-6-14(13)22/h4-10H,3H2,1-2H3/b15-8+. The maximum absolute atomic E-state index is 12.2. The van der Waals surface area contributed by atoms with Crippen molar-refractivity contribution in [2.75, 3.05) is 7.11 Å². The van der Waals surface area contributed by atoms with Gasteiger partial charge in [-0.3, -0.25) is 4.79 Å². The van der Waals surface area contributed by atoms with Crippen LogP contribution in [-0.4, -0.2) is 24.9 Å². The van der Waals surface area contributed by atoms with E-state index in [0.717, 1.165) is 0 Å². The summed E-state index contributed by atoms with van der Waals surface area (Å²) in [6.45, 7) is 1.69. The predicted molar refractivity (Wildman–Crippen MR) is 106 cm³/mol. The van der Waals surface area contributed by atoms with Crippen LogP contribution in [0.4, 0.5) is 0 Å². The first-order valence-electron chi connectivity index (χ1n) is 8.28. The van der Waals surface area contributed by atoms with Crippen LogP contribution < -0.4 is 9.47 Å². The summed E-state index contributed by atoms with van der Waals surface area (Å²) in [7, 11) is 1.47. The highest BCUT2D eigenvalue weighted by Gasteiger charge is 2.26. The van der Waals surface area contributed by atoms with Gasteiger partial charge in [0.1, 0.15) is 0 Å². The van der Waals surface area contributed by atoms with Crippen molar-refractivity contribution >= 4 is 47.1 Å². The fraction of sp³-hybridized carbons (Fsp3) is 0.150. The topological polar surface area (TPSA) is 74.2 Å². The van der Waals surface area contributed by atoms with Crippen LogP contribution in [0.5, 0.6) is 11.5 Å². The van der Waals surface area contributed by atoms with E-state index < -0.39 is 11.9 Å². The van der Waals surface area contributed by atoms with Crippen LogP contribution in [0.2, 0.25) is 10.0 Å². The smallest absolute Gasteiger partial charge is 0.363 e. The van der Waals surface area contributed by atoms with Gasteiger partial charge in [0, 0.05) is 11.4 Å². The van der Waals surface area contributed by atoms with E-state index in [2.05, 4.69) is 4.99 Å². The lowest BCUT2D eigenvalue weighted by molar-refractivity contribution is -0.134. The minimum absolute atomic E-state index is 0.0647. The molecule has 0 saturated carbocycles. The Morgan fingerprint density at radius 1 is 1.18 bits per heavy atom. The van der Waals surface area contributed by atoms with E-state index in [-0.39, 0.29) is 23.8 Å². The second-order valence-electron chi connectivity index (χ2n) is 5.70. The van der Waals surface area contributed by atoms with E-state index >= 15 is 0 Å². The summed E-state index contributed by atoms with van der Waals surface area (Å²) in [6.07, 6.45) is 1.73. The Morgan fingerprint density at radius 2 is 1.96 bits per heavy atom. The molecule has 0 fully saturated rings. The van der Waals surface area contributed by atoms with Gasteiger partial charge in [0.25, 0.3) is 0 Å². The van der Waals surface area contributed by atoms with Crippen LogP contribution in [0, 0.1) is 0 Å². The molecule has 0 N–H and O–H groups in total. The normalized spacial score (nSPS) is 14.6. The minimum atomic E-state index is -0.631. The molecular formula is C20H15Cl2NO5. The second-order valence-corrected chi connectivity index (χ2v) is 6.54. The SMILES string of the molecule is CCC(=O)Oc1cc(/C=C2/N=C(c3cc(Cl)ccc3Cl)OC2=O)ccc1OC. The van der Waals surface area contributed by atoms with Gasteiger partial charge in [0.15, 0.2) is 17.2 Å². The minimum Gasteiger partial charge on any atom is -0.493 e. The lowest BCUT2D eigenvalue weighted by atomic mass is 10.1. The Balaban J connectivity index is 1.95. The number of nitrogens with zero attached hydrogens (tertiary/aromatic N) is 1. The lowest BCUT2D eigenvalue weighted by Crippen LogP contribution is -2.07. The molecule has 6 nitrogen and oxygen atoms in total. The van der Waals surface area contributed by atoms with Crippen LogP contribution in [0.15, 0.2) is 47.1 Å². The molecule has 0 spiro atoms. The van der Waals surface area contributed by atoms with Crippen molar-refractivity contribution in [2.24, 2.45) is 4.99 Å². The third-order valence-corrected chi connectivity index (χ3v) is 4.35.